The third-order valence-electron chi connectivity index (χ3n) is 3.57. The maximum Gasteiger partial charge on any atom is 0.123 e. The Morgan fingerprint density at radius 2 is 1.50 bits per heavy atom. The lowest BCUT2D eigenvalue weighted by atomic mass is 9.86. The molecule has 2 aromatic rings. The third-order valence-corrected chi connectivity index (χ3v) is 3.57. The average molecular weight is 271 g/mol. The monoisotopic (exact) mass is 271 g/mol. The smallest absolute Gasteiger partial charge is 0.123 e. The standard InChI is InChI=1S/C18H22FN/c1-18(2,3)15-8-4-13(5-9-15)12-17(20)14-6-10-16(19)11-7-14/h4-11,17H,12,20H2,1-3H3. The highest BCUT2D eigenvalue weighted by molar-refractivity contribution is 5.29. The molecule has 2 N–H and O–H groups in total. The zero-order chi connectivity index (χ0) is 14.8. The van der Waals surface area contributed by atoms with Gasteiger partial charge < -0.3 is 5.73 Å². The molecule has 1 nitrogen and oxygen atoms in total. The van der Waals surface area contributed by atoms with Crippen molar-refractivity contribution in [3.8, 4) is 0 Å². The van der Waals surface area contributed by atoms with Crippen molar-refractivity contribution in [3.05, 3.63) is 71.0 Å². The Hall–Kier alpha value is -1.67. The maximum atomic E-state index is 12.9. The van der Waals surface area contributed by atoms with Gasteiger partial charge in [0, 0.05) is 6.04 Å². The van der Waals surface area contributed by atoms with Gasteiger partial charge in [-0.3, -0.25) is 0 Å². The molecule has 2 rings (SSSR count). The molecule has 0 heterocycles. The van der Waals surface area contributed by atoms with Gasteiger partial charge in [-0.25, -0.2) is 4.39 Å². The molecule has 0 aliphatic carbocycles. The molecule has 2 aromatic carbocycles. The second-order valence-electron chi connectivity index (χ2n) is 6.31. The minimum absolute atomic E-state index is 0.101. The summed E-state index contributed by atoms with van der Waals surface area (Å²) in [7, 11) is 0. The van der Waals surface area contributed by atoms with Crippen molar-refractivity contribution in [2.45, 2.75) is 38.6 Å². The summed E-state index contributed by atoms with van der Waals surface area (Å²) in [5.74, 6) is -0.226. The highest BCUT2D eigenvalue weighted by Crippen LogP contribution is 2.23. The minimum Gasteiger partial charge on any atom is -0.324 e. The Kier molecular flexibility index (Phi) is 4.24. The van der Waals surface area contributed by atoms with E-state index in [1.807, 2.05) is 0 Å². The fourth-order valence-electron chi connectivity index (χ4n) is 2.22. The molecule has 0 saturated carbocycles. The summed E-state index contributed by atoms with van der Waals surface area (Å²) in [6, 6.07) is 14.9. The summed E-state index contributed by atoms with van der Waals surface area (Å²) in [6.07, 6.45) is 0.760. The topological polar surface area (TPSA) is 26.0 Å². The van der Waals surface area contributed by atoms with E-state index in [4.69, 9.17) is 5.73 Å². The quantitative estimate of drug-likeness (QED) is 0.881. The maximum absolute atomic E-state index is 12.9. The molecular weight excluding hydrogens is 249 g/mol. The first-order chi connectivity index (χ1) is 9.36. The van der Waals surface area contributed by atoms with Gasteiger partial charge in [0.1, 0.15) is 5.82 Å². The Bertz CT molecular complexity index is 549. The zero-order valence-corrected chi connectivity index (χ0v) is 12.4. The van der Waals surface area contributed by atoms with Crippen molar-refractivity contribution >= 4 is 0 Å². The lowest BCUT2D eigenvalue weighted by molar-refractivity contribution is 0.589. The van der Waals surface area contributed by atoms with E-state index in [0.29, 0.717) is 0 Å². The van der Waals surface area contributed by atoms with Crippen LogP contribution in [-0.2, 0) is 11.8 Å². The molecule has 0 aromatic heterocycles. The van der Waals surface area contributed by atoms with Crippen LogP contribution in [0.15, 0.2) is 48.5 Å². The van der Waals surface area contributed by atoms with Crippen LogP contribution in [0.3, 0.4) is 0 Å². The molecule has 0 fully saturated rings. The highest BCUT2D eigenvalue weighted by atomic mass is 19.1. The lowest BCUT2D eigenvalue weighted by Crippen LogP contribution is -2.14. The van der Waals surface area contributed by atoms with Crippen molar-refractivity contribution in [1.29, 1.82) is 0 Å². The number of nitrogens with two attached hydrogens (primary N) is 1. The van der Waals surface area contributed by atoms with E-state index in [1.165, 1.54) is 23.3 Å². The minimum atomic E-state index is -0.226. The van der Waals surface area contributed by atoms with Gasteiger partial charge in [0.25, 0.3) is 0 Å². The van der Waals surface area contributed by atoms with Gasteiger partial charge in [-0.15, -0.1) is 0 Å². The summed E-state index contributed by atoms with van der Waals surface area (Å²) in [4.78, 5) is 0. The van der Waals surface area contributed by atoms with Gasteiger partial charge in [-0.05, 0) is 40.7 Å². The van der Waals surface area contributed by atoms with E-state index in [-0.39, 0.29) is 17.3 Å². The normalized spacial score (nSPS) is 13.2. The van der Waals surface area contributed by atoms with Crippen LogP contribution < -0.4 is 5.73 Å². The Morgan fingerprint density at radius 3 is 2.00 bits per heavy atom. The molecule has 106 valence electrons. The van der Waals surface area contributed by atoms with E-state index < -0.39 is 0 Å². The zero-order valence-electron chi connectivity index (χ0n) is 12.4. The summed E-state index contributed by atoms with van der Waals surface area (Å²) in [6.45, 7) is 6.60. The van der Waals surface area contributed by atoms with E-state index >= 15 is 0 Å². The number of hydrogen-bond donors (Lipinski definition) is 1. The fourth-order valence-corrected chi connectivity index (χ4v) is 2.22. The molecule has 0 amide bonds. The first-order valence-corrected chi connectivity index (χ1v) is 6.97. The summed E-state index contributed by atoms with van der Waals surface area (Å²) in [5.41, 5.74) is 9.83. The van der Waals surface area contributed by atoms with Gasteiger partial charge in [0.05, 0.1) is 0 Å². The lowest BCUT2D eigenvalue weighted by Gasteiger charge is -2.19. The van der Waals surface area contributed by atoms with Gasteiger partial charge in [0.2, 0.25) is 0 Å². The van der Waals surface area contributed by atoms with E-state index in [2.05, 4.69) is 45.0 Å². The van der Waals surface area contributed by atoms with Crippen LogP contribution in [0.25, 0.3) is 0 Å². The van der Waals surface area contributed by atoms with Crippen LogP contribution in [-0.4, -0.2) is 0 Å². The average Bonchev–Trinajstić information content (AvgIpc) is 2.39. The molecule has 0 aliphatic rings. The summed E-state index contributed by atoms with van der Waals surface area (Å²) >= 11 is 0. The second-order valence-corrected chi connectivity index (χ2v) is 6.31. The van der Waals surface area contributed by atoms with Crippen LogP contribution in [0.5, 0.6) is 0 Å². The molecule has 0 aliphatic heterocycles. The molecule has 0 saturated heterocycles. The van der Waals surface area contributed by atoms with E-state index in [9.17, 15) is 4.39 Å². The third kappa shape index (κ3) is 3.67. The molecule has 2 heteroatoms. The molecule has 0 spiro atoms. The van der Waals surface area contributed by atoms with Crippen LogP contribution in [0.4, 0.5) is 4.39 Å². The molecular formula is C18H22FN. The van der Waals surface area contributed by atoms with Gasteiger partial charge >= 0.3 is 0 Å². The largest absolute Gasteiger partial charge is 0.324 e. The predicted octanol–water partition coefficient (Wildman–Crippen LogP) is 4.37. The van der Waals surface area contributed by atoms with Crippen molar-refractivity contribution in [1.82, 2.24) is 0 Å². The molecule has 0 radical (unpaired) electrons. The first-order valence-electron chi connectivity index (χ1n) is 6.97. The Balaban J connectivity index is 2.08. The number of hydrogen-bond acceptors (Lipinski definition) is 1. The van der Waals surface area contributed by atoms with E-state index in [0.717, 1.165) is 12.0 Å². The molecule has 1 unspecified atom stereocenters. The predicted molar refractivity (Wildman–Crippen MR) is 82.2 cm³/mol. The SMILES string of the molecule is CC(C)(C)c1ccc(CC(N)c2ccc(F)cc2)cc1. The first kappa shape index (κ1) is 14.7. The van der Waals surface area contributed by atoms with Crippen molar-refractivity contribution in [2.75, 3.05) is 0 Å². The van der Waals surface area contributed by atoms with Crippen LogP contribution >= 0.6 is 0 Å². The van der Waals surface area contributed by atoms with Gasteiger partial charge in [-0.1, -0.05) is 57.2 Å². The van der Waals surface area contributed by atoms with Crippen molar-refractivity contribution < 1.29 is 4.39 Å². The van der Waals surface area contributed by atoms with Crippen LogP contribution in [0.1, 0.15) is 43.5 Å². The fraction of sp³-hybridized carbons (Fsp3) is 0.333. The number of rotatable bonds is 3. The van der Waals surface area contributed by atoms with E-state index in [1.54, 1.807) is 12.1 Å². The number of benzene rings is 2. The second kappa shape index (κ2) is 5.76. The summed E-state index contributed by atoms with van der Waals surface area (Å²) in [5, 5.41) is 0. The highest BCUT2D eigenvalue weighted by Gasteiger charge is 2.13. The summed E-state index contributed by atoms with van der Waals surface area (Å²) < 4.78 is 12.9. The number of halogens is 1. The van der Waals surface area contributed by atoms with Gasteiger partial charge in [0.15, 0.2) is 0 Å². The van der Waals surface area contributed by atoms with Crippen LogP contribution in [0.2, 0.25) is 0 Å². The molecule has 1 atom stereocenters. The molecule has 0 bridgehead atoms. The van der Waals surface area contributed by atoms with Crippen molar-refractivity contribution in [2.24, 2.45) is 5.73 Å². The van der Waals surface area contributed by atoms with Crippen LogP contribution in [0, 0.1) is 5.82 Å². The Labute approximate surface area is 120 Å². The van der Waals surface area contributed by atoms with Gasteiger partial charge in [-0.2, -0.15) is 0 Å². The molecule has 20 heavy (non-hydrogen) atoms. The van der Waals surface area contributed by atoms with Crippen molar-refractivity contribution in [3.63, 3.8) is 0 Å². The Morgan fingerprint density at radius 1 is 0.950 bits per heavy atom.